The van der Waals surface area contributed by atoms with Crippen LogP contribution in [0.3, 0.4) is 0 Å². The van der Waals surface area contributed by atoms with Gasteiger partial charge in [-0.25, -0.2) is 4.99 Å². The molecular weight excluding hydrogens is 366 g/mol. The number of pyridine rings is 1. The first-order valence-electron chi connectivity index (χ1n) is 10.6. The minimum Gasteiger partial charge on any atom is -0.385 e. The predicted molar refractivity (Wildman–Crippen MR) is 114 cm³/mol. The number of piperidine rings is 1. The van der Waals surface area contributed by atoms with Crippen LogP contribution in [0, 0.1) is 0 Å². The van der Waals surface area contributed by atoms with Gasteiger partial charge in [0, 0.05) is 31.8 Å². The quantitative estimate of drug-likeness (QED) is 0.778. The molecule has 2 aromatic heterocycles. The van der Waals surface area contributed by atoms with Crippen molar-refractivity contribution in [3.63, 3.8) is 0 Å². The number of H-pyrrole nitrogens is 1. The number of nitrogens with two attached hydrogens (primary N) is 1. The highest BCUT2D eigenvalue weighted by molar-refractivity contribution is 5.93. The van der Waals surface area contributed by atoms with Crippen molar-refractivity contribution < 1.29 is 9.59 Å². The van der Waals surface area contributed by atoms with Crippen molar-refractivity contribution >= 4 is 23.5 Å². The van der Waals surface area contributed by atoms with E-state index in [1.54, 1.807) is 25.3 Å². The largest absolute Gasteiger partial charge is 0.385 e. The molecule has 0 bridgehead atoms. The van der Waals surface area contributed by atoms with Gasteiger partial charge in [0.1, 0.15) is 17.3 Å². The molecule has 3 rings (SSSR count). The van der Waals surface area contributed by atoms with Crippen LogP contribution in [0.5, 0.6) is 0 Å². The van der Waals surface area contributed by atoms with Gasteiger partial charge < -0.3 is 15.6 Å². The van der Waals surface area contributed by atoms with E-state index in [4.69, 9.17) is 10.7 Å². The monoisotopic (exact) mass is 397 g/mol. The molecule has 0 spiro atoms. The average Bonchev–Trinajstić information content (AvgIpc) is 3.14. The fourth-order valence-electron chi connectivity index (χ4n) is 3.63. The summed E-state index contributed by atoms with van der Waals surface area (Å²) in [5.74, 6) is 1.02. The van der Waals surface area contributed by atoms with Crippen LogP contribution in [0.25, 0.3) is 0 Å². The Labute approximate surface area is 171 Å². The van der Waals surface area contributed by atoms with Crippen LogP contribution in [0.4, 0.5) is 11.6 Å². The number of nitrogens with one attached hydrogen (secondary N) is 1. The van der Waals surface area contributed by atoms with Gasteiger partial charge >= 0.3 is 0 Å². The van der Waals surface area contributed by atoms with E-state index in [0.717, 1.165) is 50.8 Å². The third-order valence-corrected chi connectivity index (χ3v) is 5.33. The molecule has 7 heteroatoms. The first-order valence-corrected chi connectivity index (χ1v) is 10.6. The van der Waals surface area contributed by atoms with Crippen molar-refractivity contribution in [1.29, 1.82) is 0 Å². The zero-order chi connectivity index (χ0) is 20.8. The molecule has 0 unspecified atom stereocenters. The van der Waals surface area contributed by atoms with Gasteiger partial charge in [0.05, 0.1) is 5.36 Å². The zero-order valence-corrected chi connectivity index (χ0v) is 17.4. The number of nitrogens with zero attached hydrogens (tertiary/aromatic N) is 3. The molecule has 1 aliphatic heterocycles. The topological polar surface area (TPSA) is 96.5 Å². The Morgan fingerprint density at radius 3 is 2.59 bits per heavy atom. The zero-order valence-electron chi connectivity index (χ0n) is 17.4. The van der Waals surface area contributed by atoms with Gasteiger partial charge in [0.25, 0.3) is 5.91 Å². The SMILES string of the molecule is CCCCc1cc(C(=O)N2CCCCC2)[nH]c1N=c1ccn(C(=O)CC)c(N)c1. The maximum Gasteiger partial charge on any atom is 0.270 e. The van der Waals surface area contributed by atoms with Crippen molar-refractivity contribution in [1.82, 2.24) is 14.5 Å². The number of carbonyl (C=O) groups is 2. The van der Waals surface area contributed by atoms with E-state index >= 15 is 0 Å². The van der Waals surface area contributed by atoms with E-state index in [1.165, 1.54) is 11.0 Å². The molecular formula is C22H31N5O2. The number of unbranched alkanes of at least 4 members (excludes halogenated alkanes) is 1. The van der Waals surface area contributed by atoms with Crippen molar-refractivity contribution in [2.75, 3.05) is 18.8 Å². The summed E-state index contributed by atoms with van der Waals surface area (Å²) in [7, 11) is 0. The molecule has 3 N–H and O–H groups in total. The summed E-state index contributed by atoms with van der Waals surface area (Å²) in [4.78, 5) is 34.6. The summed E-state index contributed by atoms with van der Waals surface area (Å²) in [6.45, 7) is 5.57. The lowest BCUT2D eigenvalue weighted by Crippen LogP contribution is -2.35. The van der Waals surface area contributed by atoms with Crippen molar-refractivity contribution in [2.24, 2.45) is 4.99 Å². The third-order valence-electron chi connectivity index (χ3n) is 5.33. The second kappa shape index (κ2) is 9.58. The standard InChI is InChI=1S/C22H31N5O2/c1-3-5-9-16-14-18(22(29)26-11-7-6-8-12-26)25-21(16)24-17-10-13-27(19(23)15-17)20(28)4-2/h10,13-15,25H,3-9,11-12,23H2,1-2H3. The molecule has 2 aromatic rings. The number of aromatic nitrogens is 2. The van der Waals surface area contributed by atoms with Gasteiger partial charge in [-0.05, 0) is 49.8 Å². The summed E-state index contributed by atoms with van der Waals surface area (Å²) in [5.41, 5.74) is 7.66. The van der Waals surface area contributed by atoms with Crippen molar-refractivity contribution in [3.8, 4) is 0 Å². The van der Waals surface area contributed by atoms with E-state index < -0.39 is 0 Å². The number of aromatic amines is 1. The van der Waals surface area contributed by atoms with Gasteiger partial charge in [-0.2, -0.15) is 0 Å². The maximum atomic E-state index is 12.9. The minimum atomic E-state index is -0.0630. The number of likely N-dealkylation sites (tertiary alicyclic amines) is 1. The van der Waals surface area contributed by atoms with Gasteiger partial charge in [0.15, 0.2) is 0 Å². The number of aryl methyl sites for hydroxylation is 1. The fraction of sp³-hybridized carbons (Fsp3) is 0.500. The van der Waals surface area contributed by atoms with Crippen molar-refractivity contribution in [3.05, 3.63) is 41.0 Å². The number of hydrogen-bond acceptors (Lipinski definition) is 4. The number of amides is 1. The van der Waals surface area contributed by atoms with Crippen LogP contribution in [0.15, 0.2) is 29.4 Å². The Hall–Kier alpha value is -2.83. The lowest BCUT2D eigenvalue weighted by molar-refractivity contribution is 0.0719. The van der Waals surface area contributed by atoms with Gasteiger partial charge in [0.2, 0.25) is 5.91 Å². The highest BCUT2D eigenvalue weighted by Crippen LogP contribution is 2.23. The predicted octanol–water partition coefficient (Wildman–Crippen LogP) is 3.65. The minimum absolute atomic E-state index is 0.0443. The van der Waals surface area contributed by atoms with Crippen LogP contribution in [0.2, 0.25) is 0 Å². The lowest BCUT2D eigenvalue weighted by Gasteiger charge is -2.26. The summed E-state index contributed by atoms with van der Waals surface area (Å²) in [6, 6.07) is 5.39. The van der Waals surface area contributed by atoms with E-state index in [1.807, 2.05) is 11.0 Å². The average molecular weight is 398 g/mol. The van der Waals surface area contributed by atoms with Gasteiger partial charge in [-0.1, -0.05) is 20.3 Å². The second-order valence-electron chi connectivity index (χ2n) is 7.55. The normalized spacial score (nSPS) is 15.0. The molecule has 7 nitrogen and oxygen atoms in total. The summed E-state index contributed by atoms with van der Waals surface area (Å²) < 4.78 is 1.43. The molecule has 1 aliphatic rings. The lowest BCUT2D eigenvalue weighted by atomic mass is 10.1. The summed E-state index contributed by atoms with van der Waals surface area (Å²) in [6.07, 6.45) is 8.29. The molecule has 0 aromatic carbocycles. The smallest absolute Gasteiger partial charge is 0.270 e. The highest BCUT2D eigenvalue weighted by Gasteiger charge is 2.21. The molecule has 1 amide bonds. The molecule has 0 saturated carbocycles. The number of nitrogen functional groups attached to an aromatic ring is 1. The number of carbonyl (C=O) groups excluding carboxylic acids is 2. The number of hydrogen-bond donors (Lipinski definition) is 2. The molecule has 156 valence electrons. The van der Waals surface area contributed by atoms with Crippen LogP contribution >= 0.6 is 0 Å². The van der Waals surface area contributed by atoms with Crippen LogP contribution in [0.1, 0.15) is 73.2 Å². The third kappa shape index (κ3) is 4.96. The van der Waals surface area contributed by atoms with Crippen molar-refractivity contribution in [2.45, 2.75) is 58.8 Å². The molecule has 1 fully saturated rings. The maximum absolute atomic E-state index is 12.9. The Kier molecular flexibility index (Phi) is 6.90. The molecule has 3 heterocycles. The summed E-state index contributed by atoms with van der Waals surface area (Å²) in [5, 5.41) is 0.652. The number of rotatable bonds is 6. The Balaban J connectivity index is 1.93. The Morgan fingerprint density at radius 2 is 1.93 bits per heavy atom. The Morgan fingerprint density at radius 1 is 1.17 bits per heavy atom. The van der Waals surface area contributed by atoms with Crippen LogP contribution < -0.4 is 11.1 Å². The highest BCUT2D eigenvalue weighted by atomic mass is 16.2. The van der Waals surface area contributed by atoms with Crippen LogP contribution in [-0.2, 0) is 6.42 Å². The fourth-order valence-corrected chi connectivity index (χ4v) is 3.63. The van der Waals surface area contributed by atoms with E-state index in [2.05, 4.69) is 11.9 Å². The summed E-state index contributed by atoms with van der Waals surface area (Å²) >= 11 is 0. The molecule has 0 radical (unpaired) electrons. The molecule has 0 atom stereocenters. The van der Waals surface area contributed by atoms with Gasteiger partial charge in [-0.3, -0.25) is 14.2 Å². The first-order chi connectivity index (χ1) is 14.0. The van der Waals surface area contributed by atoms with E-state index in [-0.39, 0.29) is 11.8 Å². The van der Waals surface area contributed by atoms with E-state index in [0.29, 0.717) is 29.1 Å². The molecule has 29 heavy (non-hydrogen) atoms. The Bertz CT molecular complexity index is 935. The van der Waals surface area contributed by atoms with E-state index in [9.17, 15) is 9.59 Å². The molecule has 1 saturated heterocycles. The van der Waals surface area contributed by atoms with Crippen LogP contribution in [-0.4, -0.2) is 39.4 Å². The number of anilines is 1. The van der Waals surface area contributed by atoms with Gasteiger partial charge in [-0.15, -0.1) is 0 Å². The first kappa shape index (κ1) is 20.9. The second-order valence-corrected chi connectivity index (χ2v) is 7.55. The molecule has 0 aliphatic carbocycles.